The normalized spacial score (nSPS) is 10.0. The molecule has 18 heavy (non-hydrogen) atoms. The van der Waals surface area contributed by atoms with Gasteiger partial charge in [0.15, 0.2) is 0 Å². The van der Waals surface area contributed by atoms with E-state index in [1.807, 2.05) is 51.0 Å². The summed E-state index contributed by atoms with van der Waals surface area (Å²) < 4.78 is 0. The number of amides is 1. The van der Waals surface area contributed by atoms with Crippen molar-refractivity contribution in [3.63, 3.8) is 0 Å². The molecule has 1 amide bonds. The number of carbonyl (C=O) groups is 1. The third-order valence-electron chi connectivity index (χ3n) is 2.76. The van der Waals surface area contributed by atoms with Gasteiger partial charge < -0.3 is 9.80 Å². The van der Waals surface area contributed by atoms with Crippen molar-refractivity contribution in [3.05, 3.63) is 29.8 Å². The fourth-order valence-corrected chi connectivity index (χ4v) is 1.63. The summed E-state index contributed by atoms with van der Waals surface area (Å²) in [6.07, 6.45) is 0. The summed E-state index contributed by atoms with van der Waals surface area (Å²) in [6.45, 7) is 3.93. The van der Waals surface area contributed by atoms with Crippen LogP contribution in [0, 0.1) is 11.3 Å². The maximum Gasteiger partial charge on any atom is 0.254 e. The standard InChI is InChI=1S/C14H19N3O/c1-11(2)17(10-9-15)14(18)12-5-7-13(8-6-12)16(3)4/h5-8,11H,10H2,1-4H3. The molecule has 0 spiro atoms. The molecule has 0 saturated heterocycles. The molecule has 0 aliphatic carbocycles. The molecular formula is C14H19N3O. The smallest absolute Gasteiger partial charge is 0.254 e. The van der Waals surface area contributed by atoms with Crippen LogP contribution in [0.4, 0.5) is 5.69 Å². The van der Waals surface area contributed by atoms with Crippen LogP contribution >= 0.6 is 0 Å². The van der Waals surface area contributed by atoms with Crippen molar-refractivity contribution in [2.24, 2.45) is 0 Å². The van der Waals surface area contributed by atoms with Crippen LogP contribution in [0.15, 0.2) is 24.3 Å². The first-order valence-electron chi connectivity index (χ1n) is 5.92. The Morgan fingerprint density at radius 3 is 2.22 bits per heavy atom. The zero-order chi connectivity index (χ0) is 13.7. The van der Waals surface area contributed by atoms with Gasteiger partial charge in [0.2, 0.25) is 0 Å². The van der Waals surface area contributed by atoms with Crippen LogP contribution in [0.3, 0.4) is 0 Å². The van der Waals surface area contributed by atoms with E-state index in [-0.39, 0.29) is 18.5 Å². The second-order valence-corrected chi connectivity index (χ2v) is 4.63. The Morgan fingerprint density at radius 2 is 1.83 bits per heavy atom. The van der Waals surface area contributed by atoms with Crippen LogP contribution in [-0.4, -0.2) is 37.5 Å². The zero-order valence-corrected chi connectivity index (χ0v) is 11.3. The van der Waals surface area contributed by atoms with Crippen molar-refractivity contribution >= 4 is 11.6 Å². The summed E-state index contributed by atoms with van der Waals surface area (Å²) in [5.74, 6) is -0.100. The van der Waals surface area contributed by atoms with E-state index >= 15 is 0 Å². The minimum atomic E-state index is -0.100. The van der Waals surface area contributed by atoms with Crippen LogP contribution < -0.4 is 4.90 Å². The Bertz CT molecular complexity index is 443. The number of benzene rings is 1. The van der Waals surface area contributed by atoms with Gasteiger partial charge in [0.25, 0.3) is 5.91 Å². The van der Waals surface area contributed by atoms with Crippen molar-refractivity contribution in [2.75, 3.05) is 25.5 Å². The van der Waals surface area contributed by atoms with Crippen molar-refractivity contribution < 1.29 is 4.79 Å². The molecule has 0 N–H and O–H groups in total. The van der Waals surface area contributed by atoms with Crippen molar-refractivity contribution in [3.8, 4) is 6.07 Å². The maximum atomic E-state index is 12.2. The molecule has 0 bridgehead atoms. The highest BCUT2D eigenvalue weighted by Gasteiger charge is 2.18. The van der Waals surface area contributed by atoms with Gasteiger partial charge in [-0.05, 0) is 38.1 Å². The number of hydrogen-bond acceptors (Lipinski definition) is 3. The highest BCUT2D eigenvalue weighted by atomic mass is 16.2. The van der Waals surface area contributed by atoms with E-state index in [0.29, 0.717) is 5.56 Å². The van der Waals surface area contributed by atoms with E-state index < -0.39 is 0 Å². The highest BCUT2D eigenvalue weighted by molar-refractivity contribution is 5.94. The van der Waals surface area contributed by atoms with E-state index in [1.165, 1.54) is 0 Å². The second-order valence-electron chi connectivity index (χ2n) is 4.63. The number of rotatable bonds is 4. The summed E-state index contributed by atoms with van der Waals surface area (Å²) in [5.41, 5.74) is 1.66. The van der Waals surface area contributed by atoms with Gasteiger partial charge in [-0.25, -0.2) is 0 Å². The minimum absolute atomic E-state index is 0.0191. The van der Waals surface area contributed by atoms with E-state index in [0.717, 1.165) is 5.69 Å². The monoisotopic (exact) mass is 245 g/mol. The van der Waals surface area contributed by atoms with E-state index in [9.17, 15) is 4.79 Å². The van der Waals surface area contributed by atoms with Crippen molar-refractivity contribution in [1.29, 1.82) is 5.26 Å². The lowest BCUT2D eigenvalue weighted by molar-refractivity contribution is 0.0731. The van der Waals surface area contributed by atoms with E-state index in [1.54, 1.807) is 17.0 Å². The predicted octanol–water partition coefficient (Wildman–Crippen LogP) is 2.13. The molecule has 0 aromatic heterocycles. The lowest BCUT2D eigenvalue weighted by atomic mass is 10.1. The number of hydrogen-bond donors (Lipinski definition) is 0. The minimum Gasteiger partial charge on any atom is -0.378 e. The maximum absolute atomic E-state index is 12.2. The van der Waals surface area contributed by atoms with Crippen LogP contribution in [0.2, 0.25) is 0 Å². The Labute approximate surface area is 108 Å². The summed E-state index contributed by atoms with van der Waals surface area (Å²) in [5, 5.41) is 8.75. The van der Waals surface area contributed by atoms with E-state index in [2.05, 4.69) is 0 Å². The Hall–Kier alpha value is -2.02. The first-order chi connectivity index (χ1) is 8.47. The van der Waals surface area contributed by atoms with Crippen LogP contribution in [-0.2, 0) is 0 Å². The quantitative estimate of drug-likeness (QED) is 0.763. The van der Waals surface area contributed by atoms with Crippen molar-refractivity contribution in [1.82, 2.24) is 4.90 Å². The van der Waals surface area contributed by atoms with Crippen LogP contribution in [0.5, 0.6) is 0 Å². The molecule has 0 atom stereocenters. The third-order valence-corrected chi connectivity index (χ3v) is 2.76. The molecule has 0 aliphatic heterocycles. The predicted molar refractivity (Wildman–Crippen MR) is 72.6 cm³/mol. The van der Waals surface area contributed by atoms with Crippen LogP contribution in [0.1, 0.15) is 24.2 Å². The summed E-state index contributed by atoms with van der Waals surface area (Å²) in [4.78, 5) is 15.8. The lowest BCUT2D eigenvalue weighted by Crippen LogP contribution is -2.37. The van der Waals surface area contributed by atoms with Crippen LogP contribution in [0.25, 0.3) is 0 Å². The van der Waals surface area contributed by atoms with Gasteiger partial charge in [-0.3, -0.25) is 4.79 Å². The molecule has 96 valence electrons. The summed E-state index contributed by atoms with van der Waals surface area (Å²) in [6, 6.07) is 9.44. The van der Waals surface area contributed by atoms with Gasteiger partial charge >= 0.3 is 0 Å². The van der Waals surface area contributed by atoms with Gasteiger partial charge in [0, 0.05) is 31.4 Å². The molecule has 4 nitrogen and oxygen atoms in total. The first-order valence-corrected chi connectivity index (χ1v) is 5.92. The Balaban J connectivity index is 2.92. The molecule has 0 fully saturated rings. The van der Waals surface area contributed by atoms with Gasteiger partial charge in [-0.15, -0.1) is 0 Å². The molecule has 0 saturated carbocycles. The average molecular weight is 245 g/mol. The summed E-state index contributed by atoms with van der Waals surface area (Å²) >= 11 is 0. The molecule has 0 aliphatic rings. The SMILES string of the molecule is CC(C)N(CC#N)C(=O)c1ccc(N(C)C)cc1. The topological polar surface area (TPSA) is 47.3 Å². The largest absolute Gasteiger partial charge is 0.378 e. The molecule has 4 heteroatoms. The zero-order valence-electron chi connectivity index (χ0n) is 11.3. The number of carbonyl (C=O) groups excluding carboxylic acids is 1. The third kappa shape index (κ3) is 3.24. The fourth-order valence-electron chi connectivity index (χ4n) is 1.63. The van der Waals surface area contributed by atoms with Gasteiger partial charge in [-0.1, -0.05) is 0 Å². The number of anilines is 1. The Kier molecular flexibility index (Phi) is 4.73. The van der Waals surface area contributed by atoms with Gasteiger partial charge in [0.1, 0.15) is 6.54 Å². The first kappa shape index (κ1) is 14.0. The molecule has 0 unspecified atom stereocenters. The van der Waals surface area contributed by atoms with E-state index in [4.69, 9.17) is 5.26 Å². The van der Waals surface area contributed by atoms with Gasteiger partial charge in [-0.2, -0.15) is 5.26 Å². The van der Waals surface area contributed by atoms with Crippen molar-refractivity contribution in [2.45, 2.75) is 19.9 Å². The fraction of sp³-hybridized carbons (Fsp3) is 0.429. The second kappa shape index (κ2) is 6.06. The molecule has 1 aromatic carbocycles. The lowest BCUT2D eigenvalue weighted by Gasteiger charge is -2.24. The number of nitrogens with zero attached hydrogens (tertiary/aromatic N) is 3. The highest BCUT2D eigenvalue weighted by Crippen LogP contribution is 2.14. The molecule has 0 radical (unpaired) electrons. The Morgan fingerprint density at radius 1 is 1.28 bits per heavy atom. The summed E-state index contributed by atoms with van der Waals surface area (Å²) in [7, 11) is 3.90. The average Bonchev–Trinajstić information content (AvgIpc) is 2.35. The van der Waals surface area contributed by atoms with Gasteiger partial charge in [0.05, 0.1) is 6.07 Å². The molecule has 0 heterocycles. The molecular weight excluding hydrogens is 226 g/mol. The number of nitriles is 1. The molecule has 1 rings (SSSR count). The molecule has 1 aromatic rings.